The van der Waals surface area contributed by atoms with E-state index in [0.717, 1.165) is 19.5 Å². The van der Waals surface area contributed by atoms with Gasteiger partial charge in [-0.25, -0.2) is 0 Å². The summed E-state index contributed by atoms with van der Waals surface area (Å²) < 4.78 is 0. The average Bonchev–Trinajstić information content (AvgIpc) is 1.94. The molecular formula is C8H14BrNO. The molecule has 64 valence electrons. The van der Waals surface area contributed by atoms with Gasteiger partial charge in [-0.05, 0) is 12.3 Å². The maximum Gasteiger partial charge on any atom is 0.219 e. The second kappa shape index (κ2) is 3.57. The third-order valence-corrected chi connectivity index (χ3v) is 3.50. The summed E-state index contributed by atoms with van der Waals surface area (Å²) in [7, 11) is 0. The van der Waals surface area contributed by atoms with Crippen molar-refractivity contribution >= 4 is 21.8 Å². The lowest BCUT2D eigenvalue weighted by atomic mass is 9.99. The monoisotopic (exact) mass is 219 g/mol. The molecule has 0 aliphatic carbocycles. The Morgan fingerprint density at radius 2 is 2.27 bits per heavy atom. The number of hydrogen-bond donors (Lipinski definition) is 0. The second-order valence-electron chi connectivity index (χ2n) is 3.25. The van der Waals surface area contributed by atoms with Crippen LogP contribution in [0.1, 0.15) is 20.3 Å². The molecule has 0 spiro atoms. The van der Waals surface area contributed by atoms with Gasteiger partial charge < -0.3 is 4.90 Å². The first-order valence-electron chi connectivity index (χ1n) is 4.01. The minimum Gasteiger partial charge on any atom is -0.342 e. The molecule has 3 heteroatoms. The zero-order valence-corrected chi connectivity index (χ0v) is 8.60. The predicted octanol–water partition coefficient (Wildman–Crippen LogP) is 1.64. The van der Waals surface area contributed by atoms with Crippen LogP contribution < -0.4 is 0 Å². The molecule has 1 heterocycles. The lowest BCUT2D eigenvalue weighted by molar-refractivity contribution is -0.129. The number of carbonyl (C=O) groups is 1. The van der Waals surface area contributed by atoms with Crippen molar-refractivity contribution in [2.75, 3.05) is 13.1 Å². The van der Waals surface area contributed by atoms with Gasteiger partial charge in [-0.2, -0.15) is 0 Å². The standard InChI is InChI=1S/C8H14BrNO/c1-6-3-4-10(7(2)11)5-8(6)9/h6,8H,3-5H2,1-2H3. The highest BCUT2D eigenvalue weighted by atomic mass is 79.9. The molecule has 1 fully saturated rings. The minimum atomic E-state index is 0.196. The molecule has 1 saturated heterocycles. The smallest absolute Gasteiger partial charge is 0.219 e. The number of amides is 1. The van der Waals surface area contributed by atoms with E-state index in [0.29, 0.717) is 10.7 Å². The third kappa shape index (κ3) is 2.19. The van der Waals surface area contributed by atoms with Gasteiger partial charge in [0, 0.05) is 24.8 Å². The van der Waals surface area contributed by atoms with E-state index in [-0.39, 0.29) is 5.91 Å². The Balaban J connectivity index is 2.46. The first-order chi connectivity index (χ1) is 5.11. The van der Waals surface area contributed by atoms with Gasteiger partial charge in [0.1, 0.15) is 0 Å². The van der Waals surface area contributed by atoms with Crippen LogP contribution in [0, 0.1) is 5.92 Å². The van der Waals surface area contributed by atoms with E-state index < -0.39 is 0 Å². The lowest BCUT2D eigenvalue weighted by Crippen LogP contribution is -2.42. The topological polar surface area (TPSA) is 20.3 Å². The summed E-state index contributed by atoms with van der Waals surface area (Å²) >= 11 is 3.57. The van der Waals surface area contributed by atoms with Gasteiger partial charge in [-0.1, -0.05) is 22.9 Å². The fourth-order valence-corrected chi connectivity index (χ4v) is 1.92. The zero-order valence-electron chi connectivity index (χ0n) is 7.01. The SMILES string of the molecule is CC(=O)N1CCC(C)C(Br)C1. The normalized spacial score (nSPS) is 32.1. The van der Waals surface area contributed by atoms with Crippen LogP contribution in [0.15, 0.2) is 0 Å². The van der Waals surface area contributed by atoms with Crippen molar-refractivity contribution in [1.29, 1.82) is 0 Å². The maximum atomic E-state index is 11.0. The van der Waals surface area contributed by atoms with Gasteiger partial charge in [-0.15, -0.1) is 0 Å². The van der Waals surface area contributed by atoms with Gasteiger partial charge in [0.15, 0.2) is 0 Å². The van der Waals surface area contributed by atoms with E-state index in [1.807, 2.05) is 4.90 Å². The van der Waals surface area contributed by atoms with Crippen molar-refractivity contribution in [3.05, 3.63) is 0 Å². The molecule has 2 unspecified atom stereocenters. The molecule has 0 aromatic heterocycles. The van der Waals surface area contributed by atoms with Gasteiger partial charge in [0.2, 0.25) is 5.91 Å². The van der Waals surface area contributed by atoms with E-state index in [1.54, 1.807) is 6.92 Å². The van der Waals surface area contributed by atoms with Crippen molar-refractivity contribution in [1.82, 2.24) is 4.90 Å². The number of rotatable bonds is 0. The summed E-state index contributed by atoms with van der Waals surface area (Å²) in [5.74, 6) is 0.895. The summed E-state index contributed by atoms with van der Waals surface area (Å²) in [6, 6.07) is 0. The molecule has 0 aromatic carbocycles. The fraction of sp³-hybridized carbons (Fsp3) is 0.875. The molecular weight excluding hydrogens is 206 g/mol. The second-order valence-corrected chi connectivity index (χ2v) is 4.42. The molecule has 0 N–H and O–H groups in total. The Morgan fingerprint density at radius 1 is 1.64 bits per heavy atom. The number of hydrogen-bond acceptors (Lipinski definition) is 1. The fourth-order valence-electron chi connectivity index (χ4n) is 1.31. The molecule has 1 aliphatic heterocycles. The maximum absolute atomic E-state index is 11.0. The van der Waals surface area contributed by atoms with Crippen molar-refractivity contribution in [2.24, 2.45) is 5.92 Å². The number of carbonyl (C=O) groups excluding carboxylic acids is 1. The van der Waals surface area contributed by atoms with Gasteiger partial charge >= 0.3 is 0 Å². The Bertz CT molecular complexity index is 160. The first kappa shape index (κ1) is 9.04. The average molecular weight is 220 g/mol. The van der Waals surface area contributed by atoms with Gasteiger partial charge in [0.25, 0.3) is 0 Å². The number of likely N-dealkylation sites (tertiary alicyclic amines) is 1. The van der Waals surface area contributed by atoms with E-state index in [2.05, 4.69) is 22.9 Å². The summed E-state index contributed by atoms with van der Waals surface area (Å²) in [6.45, 7) is 5.65. The molecule has 0 aromatic rings. The van der Waals surface area contributed by atoms with Crippen molar-refractivity contribution in [3.63, 3.8) is 0 Å². The quantitative estimate of drug-likeness (QED) is 0.568. The van der Waals surface area contributed by atoms with Crippen LogP contribution in [0.4, 0.5) is 0 Å². The van der Waals surface area contributed by atoms with Crippen LogP contribution in [0.5, 0.6) is 0 Å². The number of piperidine rings is 1. The highest BCUT2D eigenvalue weighted by molar-refractivity contribution is 9.09. The summed E-state index contributed by atoms with van der Waals surface area (Å²) in [5.41, 5.74) is 0. The van der Waals surface area contributed by atoms with Crippen molar-refractivity contribution < 1.29 is 4.79 Å². The molecule has 1 aliphatic rings. The Labute approximate surface area is 76.1 Å². The van der Waals surface area contributed by atoms with Crippen LogP contribution in [0.25, 0.3) is 0 Å². The number of halogens is 1. The lowest BCUT2D eigenvalue weighted by Gasteiger charge is -2.33. The molecule has 11 heavy (non-hydrogen) atoms. The van der Waals surface area contributed by atoms with Crippen LogP contribution in [-0.2, 0) is 4.79 Å². The molecule has 2 nitrogen and oxygen atoms in total. The number of alkyl halides is 1. The summed E-state index contributed by atoms with van der Waals surface area (Å²) in [6.07, 6.45) is 1.12. The predicted molar refractivity (Wildman–Crippen MR) is 48.8 cm³/mol. The van der Waals surface area contributed by atoms with Crippen molar-refractivity contribution in [2.45, 2.75) is 25.1 Å². The molecule has 0 saturated carbocycles. The zero-order chi connectivity index (χ0) is 8.43. The van der Waals surface area contributed by atoms with Gasteiger partial charge in [0.05, 0.1) is 0 Å². The summed E-state index contributed by atoms with van der Waals surface area (Å²) in [5, 5.41) is 0. The van der Waals surface area contributed by atoms with Crippen LogP contribution >= 0.6 is 15.9 Å². The van der Waals surface area contributed by atoms with E-state index in [9.17, 15) is 4.79 Å². The molecule has 0 radical (unpaired) electrons. The summed E-state index contributed by atoms with van der Waals surface area (Å²) in [4.78, 5) is 13.3. The molecule has 2 atom stereocenters. The van der Waals surface area contributed by atoms with Crippen LogP contribution in [0.2, 0.25) is 0 Å². The van der Waals surface area contributed by atoms with Gasteiger partial charge in [-0.3, -0.25) is 4.79 Å². The highest BCUT2D eigenvalue weighted by Gasteiger charge is 2.24. The van der Waals surface area contributed by atoms with E-state index in [4.69, 9.17) is 0 Å². The molecule has 0 bridgehead atoms. The Hall–Kier alpha value is -0.0500. The largest absolute Gasteiger partial charge is 0.342 e. The minimum absolute atomic E-state index is 0.196. The van der Waals surface area contributed by atoms with E-state index in [1.165, 1.54) is 0 Å². The highest BCUT2D eigenvalue weighted by Crippen LogP contribution is 2.22. The van der Waals surface area contributed by atoms with Crippen molar-refractivity contribution in [3.8, 4) is 0 Å². The third-order valence-electron chi connectivity index (χ3n) is 2.31. The van der Waals surface area contributed by atoms with Crippen LogP contribution in [-0.4, -0.2) is 28.7 Å². The Kier molecular flexibility index (Phi) is 2.93. The first-order valence-corrected chi connectivity index (χ1v) is 4.92. The molecule has 1 rings (SSSR count). The van der Waals surface area contributed by atoms with Crippen LogP contribution in [0.3, 0.4) is 0 Å². The molecule has 1 amide bonds. The van der Waals surface area contributed by atoms with E-state index >= 15 is 0 Å². The Morgan fingerprint density at radius 3 is 2.73 bits per heavy atom. The number of nitrogens with zero attached hydrogens (tertiary/aromatic N) is 1.